The molecular weight excluding hydrogens is 781 g/mol. The average Bonchev–Trinajstić information content (AvgIpc) is 3.46. The van der Waals surface area contributed by atoms with Crippen LogP contribution in [0.15, 0.2) is 65.2 Å². The summed E-state index contributed by atoms with van der Waals surface area (Å²) in [4.78, 5) is 35.5. The highest BCUT2D eigenvalue weighted by Gasteiger charge is 2.27. The Morgan fingerprint density at radius 3 is 1.90 bits per heavy atom. The van der Waals surface area contributed by atoms with Crippen molar-refractivity contribution in [3.05, 3.63) is 83.4 Å². The molecule has 1 rings (SSSR count). The molecule has 12 heteroatoms. The standard InChI is InChI=1S/C48H80NO10P/c1-8-10-27-33-45-41(3)42(4)46(59-45)34-29-24-21-22-26-31-36-48(52)58-44(40-57-60(53,54)56-38-37-49(5,6)7)39-55-47(51)35-30-25-20-18-16-14-12-11-13-15-17-19-23-28-32-43(50)9-2/h12-15,18-20,23,28,32,43-44,50H,8-11,16-17,21-22,24-27,29-31,33-40H2,1-7H3/p+1/b14-12-,15-13-,20-18-,23-19-,32-28+/t43-,44+/m0/s1. The van der Waals surface area contributed by atoms with Gasteiger partial charge in [0.15, 0.2) is 6.10 Å². The number of hydrogen-bond acceptors (Lipinski definition) is 9. The topological polar surface area (TPSA) is 142 Å². The number of furan rings is 1. The summed E-state index contributed by atoms with van der Waals surface area (Å²) in [5.74, 6) is 1.34. The number of unbranched alkanes of at least 4 members (excludes halogenated alkanes) is 8. The minimum atomic E-state index is -4.42. The molecule has 0 saturated carbocycles. The Kier molecular flexibility index (Phi) is 30.7. The van der Waals surface area contributed by atoms with E-state index < -0.39 is 32.5 Å². The van der Waals surface area contributed by atoms with Crippen LogP contribution in [-0.4, -0.2) is 86.1 Å². The number of allylic oxidation sites excluding steroid dienone is 9. The van der Waals surface area contributed by atoms with Crippen molar-refractivity contribution in [2.75, 3.05) is 47.5 Å². The van der Waals surface area contributed by atoms with Gasteiger partial charge in [0, 0.05) is 25.7 Å². The largest absolute Gasteiger partial charge is 0.472 e. The van der Waals surface area contributed by atoms with Gasteiger partial charge in [-0.2, -0.15) is 0 Å². The summed E-state index contributed by atoms with van der Waals surface area (Å²) in [5, 5.41) is 9.49. The second-order valence-electron chi connectivity index (χ2n) is 16.5. The second kappa shape index (κ2) is 33.6. The third kappa shape index (κ3) is 30.1. The first-order valence-electron chi connectivity index (χ1n) is 22.5. The van der Waals surface area contributed by atoms with Crippen LogP contribution in [-0.2, 0) is 45.5 Å². The van der Waals surface area contributed by atoms with E-state index in [0.717, 1.165) is 75.7 Å². The molecule has 0 fully saturated rings. The van der Waals surface area contributed by atoms with Gasteiger partial charge in [-0.1, -0.05) is 113 Å². The first-order valence-corrected chi connectivity index (χ1v) is 24.0. The maximum atomic E-state index is 12.8. The van der Waals surface area contributed by atoms with Crippen molar-refractivity contribution in [3.63, 3.8) is 0 Å². The zero-order valence-electron chi connectivity index (χ0n) is 38.2. The molecule has 1 unspecified atom stereocenters. The highest BCUT2D eigenvalue weighted by atomic mass is 31.2. The molecule has 0 aliphatic heterocycles. The molecule has 0 aliphatic rings. The summed E-state index contributed by atoms with van der Waals surface area (Å²) in [6, 6.07) is 0. The molecule has 0 amide bonds. The summed E-state index contributed by atoms with van der Waals surface area (Å²) in [7, 11) is 1.38. The van der Waals surface area contributed by atoms with Crippen molar-refractivity contribution in [1.29, 1.82) is 0 Å². The number of aliphatic hydroxyl groups is 1. The number of hydrogen-bond donors (Lipinski definition) is 2. The predicted molar refractivity (Wildman–Crippen MR) is 243 cm³/mol. The van der Waals surface area contributed by atoms with Gasteiger partial charge in [0.25, 0.3) is 0 Å². The normalized spacial score (nSPS) is 14.6. The molecule has 3 atom stereocenters. The number of ether oxygens (including phenoxy) is 2. The summed E-state index contributed by atoms with van der Waals surface area (Å²) in [5.41, 5.74) is 2.59. The van der Waals surface area contributed by atoms with Crippen molar-refractivity contribution in [2.45, 2.75) is 162 Å². The number of aliphatic hydroxyl groups excluding tert-OH is 1. The van der Waals surface area contributed by atoms with Crippen molar-refractivity contribution in [1.82, 2.24) is 0 Å². The second-order valence-corrected chi connectivity index (χ2v) is 17.9. The van der Waals surface area contributed by atoms with Crippen LogP contribution in [0.5, 0.6) is 0 Å². The summed E-state index contributed by atoms with van der Waals surface area (Å²) in [6.45, 7) is 8.24. The van der Waals surface area contributed by atoms with Gasteiger partial charge in [-0.3, -0.25) is 18.6 Å². The van der Waals surface area contributed by atoms with Crippen LogP contribution < -0.4 is 0 Å². The maximum absolute atomic E-state index is 12.8. The number of rotatable bonds is 36. The SMILES string of the molecule is CCCCCc1oc(CCCCCCCCC(=O)O[C@H](COC(=O)CCC/C=C\C/C=C\C/C=C\C/C=C\C=C\[C@@H](O)CC)COP(=O)(O)OCC[N+](C)(C)C)c(C)c1C. The number of likely N-dealkylation sites (N-methyl/N-ethyl adjacent to an activating group) is 1. The Labute approximate surface area is 363 Å². The lowest BCUT2D eigenvalue weighted by Crippen LogP contribution is -2.37. The van der Waals surface area contributed by atoms with E-state index >= 15 is 0 Å². The lowest BCUT2D eigenvalue weighted by Gasteiger charge is -2.24. The smallest absolute Gasteiger partial charge is 0.466 e. The molecule has 0 aromatic carbocycles. The Bertz CT molecular complexity index is 1500. The molecule has 1 aromatic heterocycles. The van der Waals surface area contributed by atoms with Crippen LogP contribution in [0.2, 0.25) is 0 Å². The lowest BCUT2D eigenvalue weighted by molar-refractivity contribution is -0.870. The molecule has 0 aliphatic carbocycles. The van der Waals surface area contributed by atoms with Gasteiger partial charge < -0.3 is 28.4 Å². The van der Waals surface area contributed by atoms with Gasteiger partial charge >= 0.3 is 19.8 Å². The van der Waals surface area contributed by atoms with Crippen molar-refractivity contribution in [3.8, 4) is 0 Å². The predicted octanol–water partition coefficient (Wildman–Crippen LogP) is 11.1. The van der Waals surface area contributed by atoms with E-state index in [-0.39, 0.29) is 32.2 Å². The molecule has 2 N–H and O–H groups in total. The van der Waals surface area contributed by atoms with E-state index in [9.17, 15) is 24.2 Å². The van der Waals surface area contributed by atoms with Gasteiger partial charge in [0.2, 0.25) is 0 Å². The number of esters is 2. The van der Waals surface area contributed by atoms with Gasteiger partial charge in [0.1, 0.15) is 31.3 Å². The summed E-state index contributed by atoms with van der Waals surface area (Å²) >= 11 is 0. The first kappa shape index (κ1) is 55.0. The van der Waals surface area contributed by atoms with Crippen LogP contribution in [0.1, 0.15) is 146 Å². The van der Waals surface area contributed by atoms with E-state index in [0.29, 0.717) is 36.7 Å². The van der Waals surface area contributed by atoms with Gasteiger partial charge in [-0.25, -0.2) is 4.57 Å². The van der Waals surface area contributed by atoms with Gasteiger partial charge in [-0.15, -0.1) is 0 Å². The fourth-order valence-electron chi connectivity index (χ4n) is 5.94. The van der Waals surface area contributed by atoms with Crippen LogP contribution in [0.3, 0.4) is 0 Å². The molecule has 0 spiro atoms. The molecule has 60 heavy (non-hydrogen) atoms. The van der Waals surface area contributed by atoms with E-state index in [2.05, 4.69) is 51.2 Å². The average molecular weight is 863 g/mol. The zero-order valence-corrected chi connectivity index (χ0v) is 39.1. The van der Waals surface area contributed by atoms with Crippen LogP contribution in [0, 0.1) is 13.8 Å². The number of nitrogens with zero attached hydrogens (tertiary/aromatic N) is 1. The van der Waals surface area contributed by atoms with Crippen molar-refractivity contribution >= 4 is 19.8 Å². The number of phosphoric ester groups is 1. The van der Waals surface area contributed by atoms with Crippen molar-refractivity contribution < 1.29 is 51.6 Å². The summed E-state index contributed by atoms with van der Waals surface area (Å²) < 4.78 is 40.5. The summed E-state index contributed by atoms with van der Waals surface area (Å²) in [6.07, 6.45) is 34.9. The number of carbonyl (C=O) groups is 2. The zero-order chi connectivity index (χ0) is 44.5. The van der Waals surface area contributed by atoms with Gasteiger partial charge in [0.05, 0.1) is 33.9 Å². The number of phosphoric acid groups is 1. The van der Waals surface area contributed by atoms with E-state index in [4.69, 9.17) is 22.9 Å². The van der Waals surface area contributed by atoms with E-state index in [1.807, 2.05) is 52.4 Å². The monoisotopic (exact) mass is 863 g/mol. The number of carbonyl (C=O) groups excluding carboxylic acids is 2. The fraction of sp³-hybridized carbons (Fsp3) is 0.667. The third-order valence-corrected chi connectivity index (χ3v) is 10.9. The Morgan fingerprint density at radius 1 is 0.717 bits per heavy atom. The third-order valence-electron chi connectivity index (χ3n) is 9.92. The molecule has 342 valence electrons. The molecule has 11 nitrogen and oxygen atoms in total. The molecule has 1 aromatic rings. The Morgan fingerprint density at radius 2 is 1.28 bits per heavy atom. The highest BCUT2D eigenvalue weighted by Crippen LogP contribution is 2.43. The maximum Gasteiger partial charge on any atom is 0.472 e. The minimum absolute atomic E-state index is 0.00468. The fourth-order valence-corrected chi connectivity index (χ4v) is 6.68. The van der Waals surface area contributed by atoms with Crippen LogP contribution in [0.25, 0.3) is 0 Å². The lowest BCUT2D eigenvalue weighted by atomic mass is 10.0. The quantitative estimate of drug-likeness (QED) is 0.0167. The van der Waals surface area contributed by atoms with E-state index in [1.165, 1.54) is 30.4 Å². The van der Waals surface area contributed by atoms with Gasteiger partial charge in [-0.05, 0) is 82.8 Å². The van der Waals surface area contributed by atoms with Crippen LogP contribution >= 0.6 is 7.82 Å². The number of quaternary nitrogens is 1. The molecule has 1 heterocycles. The van der Waals surface area contributed by atoms with E-state index in [1.54, 1.807) is 6.08 Å². The Hall–Kier alpha value is -3.05. The number of aryl methyl sites for hydroxylation is 2. The minimum Gasteiger partial charge on any atom is -0.466 e. The van der Waals surface area contributed by atoms with Crippen LogP contribution in [0.4, 0.5) is 0 Å². The Balaban J connectivity index is 2.43. The molecule has 0 bridgehead atoms. The molecular formula is C48H81NO10P+. The highest BCUT2D eigenvalue weighted by molar-refractivity contribution is 7.47. The molecule has 0 radical (unpaired) electrons. The first-order chi connectivity index (χ1) is 28.7. The molecule has 0 saturated heterocycles. The van der Waals surface area contributed by atoms with Crippen molar-refractivity contribution in [2.24, 2.45) is 0 Å².